The fourth-order valence-corrected chi connectivity index (χ4v) is 5.96. The van der Waals surface area contributed by atoms with Crippen LogP contribution in [0.5, 0.6) is 0 Å². The van der Waals surface area contributed by atoms with Crippen molar-refractivity contribution in [1.29, 1.82) is 5.41 Å². The fraction of sp³-hybridized carbons (Fsp3) is 0.286. The number of sulfonamides is 1. The van der Waals surface area contributed by atoms with Crippen LogP contribution in [0.2, 0.25) is 0 Å². The van der Waals surface area contributed by atoms with Gasteiger partial charge in [-0.1, -0.05) is 12.1 Å². The van der Waals surface area contributed by atoms with Gasteiger partial charge in [-0.2, -0.15) is 5.10 Å². The number of nitrogens with zero attached hydrogens (tertiary/aromatic N) is 3. The number of benzene rings is 1. The van der Waals surface area contributed by atoms with Gasteiger partial charge in [0.15, 0.2) is 5.69 Å². The molecule has 2 aliphatic rings. The number of rotatable bonds is 2. The molecule has 160 valence electrons. The Morgan fingerprint density at radius 3 is 2.87 bits per heavy atom. The topological polar surface area (TPSA) is 120 Å². The Balaban J connectivity index is 1.48. The van der Waals surface area contributed by atoms with E-state index in [1.54, 1.807) is 16.8 Å². The van der Waals surface area contributed by atoms with Crippen LogP contribution in [0.25, 0.3) is 5.52 Å². The molecule has 3 heterocycles. The van der Waals surface area contributed by atoms with Crippen molar-refractivity contribution in [2.75, 3.05) is 18.1 Å². The first-order chi connectivity index (χ1) is 14.8. The lowest BCUT2D eigenvalue weighted by atomic mass is 9.77. The van der Waals surface area contributed by atoms with Gasteiger partial charge in [-0.15, -0.1) is 0 Å². The van der Waals surface area contributed by atoms with Crippen LogP contribution in [-0.4, -0.2) is 47.0 Å². The van der Waals surface area contributed by atoms with Crippen molar-refractivity contribution < 1.29 is 13.2 Å². The maximum atomic E-state index is 12.8. The van der Waals surface area contributed by atoms with Crippen LogP contribution >= 0.6 is 0 Å². The van der Waals surface area contributed by atoms with Crippen LogP contribution in [0, 0.1) is 5.41 Å². The van der Waals surface area contributed by atoms with Gasteiger partial charge in [-0.3, -0.25) is 10.2 Å². The molecule has 0 radical (unpaired) electrons. The van der Waals surface area contributed by atoms with Gasteiger partial charge in [0.2, 0.25) is 16.0 Å². The molecule has 1 aliphatic heterocycles. The fourth-order valence-electron chi connectivity index (χ4n) is 4.45. The number of fused-ring (bicyclic) bond motifs is 3. The SMILES string of the molecule is CN1C(=N)N[C@@]2(CCCc3ccc(NC(=O)c4cc5ccccn5n4)cc32)CS1(=O)=O. The number of anilines is 1. The normalized spacial score (nSPS) is 22.2. The molecule has 0 bridgehead atoms. The molecular weight excluding hydrogens is 416 g/mol. The Morgan fingerprint density at radius 1 is 1.26 bits per heavy atom. The van der Waals surface area contributed by atoms with Crippen molar-refractivity contribution in [2.45, 2.75) is 24.8 Å². The molecule has 3 N–H and O–H groups in total. The summed E-state index contributed by atoms with van der Waals surface area (Å²) in [6.07, 6.45) is 4.01. The first kappa shape index (κ1) is 19.6. The summed E-state index contributed by atoms with van der Waals surface area (Å²) in [6, 6.07) is 12.9. The van der Waals surface area contributed by atoms with Gasteiger partial charge in [-0.25, -0.2) is 17.2 Å². The first-order valence-corrected chi connectivity index (χ1v) is 11.6. The predicted octanol–water partition coefficient (Wildman–Crippen LogP) is 1.92. The number of hydrogen-bond donors (Lipinski definition) is 3. The van der Waals surface area contributed by atoms with E-state index >= 15 is 0 Å². The highest BCUT2D eigenvalue weighted by Crippen LogP contribution is 2.40. The van der Waals surface area contributed by atoms with Gasteiger partial charge in [0.05, 0.1) is 16.8 Å². The molecule has 3 aromatic rings. The molecule has 1 spiro atoms. The number of amides is 1. The van der Waals surface area contributed by atoms with E-state index in [4.69, 9.17) is 5.41 Å². The number of hydrogen-bond acceptors (Lipinski definition) is 5. The van der Waals surface area contributed by atoms with E-state index in [0.717, 1.165) is 33.8 Å². The van der Waals surface area contributed by atoms with Crippen molar-refractivity contribution in [3.8, 4) is 0 Å². The maximum Gasteiger partial charge on any atom is 0.276 e. The molecule has 1 saturated heterocycles. The van der Waals surface area contributed by atoms with Crippen LogP contribution in [0.4, 0.5) is 5.69 Å². The highest BCUT2D eigenvalue weighted by atomic mass is 32.2. The van der Waals surface area contributed by atoms with E-state index in [-0.39, 0.29) is 17.6 Å². The van der Waals surface area contributed by atoms with Crippen LogP contribution in [0.3, 0.4) is 0 Å². The number of carbonyl (C=O) groups is 1. The van der Waals surface area contributed by atoms with Crippen molar-refractivity contribution in [1.82, 2.24) is 19.2 Å². The minimum atomic E-state index is -3.61. The van der Waals surface area contributed by atoms with Crippen LogP contribution in [-0.2, 0) is 22.0 Å². The van der Waals surface area contributed by atoms with Gasteiger partial charge in [0.25, 0.3) is 5.91 Å². The lowest BCUT2D eigenvalue weighted by Crippen LogP contribution is -2.63. The van der Waals surface area contributed by atoms with Gasteiger partial charge >= 0.3 is 0 Å². The molecule has 10 heteroatoms. The standard InChI is InChI=1S/C21H22N6O3S/c1-26-20(22)24-21(13-31(26,29)30)9-4-5-14-7-8-15(11-17(14)21)23-19(28)18-12-16-6-2-3-10-27(16)25-18/h2-3,6-8,10-12H,4-5,9,13H2,1H3,(H2,22,24)(H,23,28)/t21-/m0/s1. The minimum Gasteiger partial charge on any atom is -0.345 e. The molecular formula is C21H22N6O3S. The van der Waals surface area contributed by atoms with Crippen molar-refractivity contribution in [3.63, 3.8) is 0 Å². The molecule has 0 unspecified atom stereocenters. The zero-order valence-electron chi connectivity index (χ0n) is 16.9. The zero-order chi connectivity index (χ0) is 21.8. The maximum absolute atomic E-state index is 12.8. The van der Waals surface area contributed by atoms with Crippen LogP contribution in [0.1, 0.15) is 34.5 Å². The number of carbonyl (C=O) groups excluding carboxylic acids is 1. The third-order valence-corrected chi connectivity index (χ3v) is 7.93. The Bertz CT molecular complexity index is 1300. The zero-order valence-corrected chi connectivity index (χ0v) is 17.7. The van der Waals surface area contributed by atoms with E-state index in [2.05, 4.69) is 15.7 Å². The summed E-state index contributed by atoms with van der Waals surface area (Å²) in [5.41, 5.74) is 2.63. The summed E-state index contributed by atoms with van der Waals surface area (Å²) >= 11 is 0. The van der Waals surface area contributed by atoms with Gasteiger partial charge in [-0.05, 0) is 60.7 Å². The molecule has 5 rings (SSSR count). The summed E-state index contributed by atoms with van der Waals surface area (Å²) in [5.74, 6) is -0.612. The Morgan fingerprint density at radius 2 is 2.10 bits per heavy atom. The first-order valence-electron chi connectivity index (χ1n) is 10.00. The van der Waals surface area contributed by atoms with Gasteiger partial charge in [0, 0.05) is 18.9 Å². The Hall–Kier alpha value is -3.40. The molecule has 1 aliphatic carbocycles. The lowest BCUT2D eigenvalue weighted by Gasteiger charge is -2.45. The second-order valence-corrected chi connectivity index (χ2v) is 10.1. The highest BCUT2D eigenvalue weighted by Gasteiger charge is 2.47. The predicted molar refractivity (Wildman–Crippen MR) is 117 cm³/mol. The summed E-state index contributed by atoms with van der Waals surface area (Å²) < 4.78 is 28.0. The third-order valence-electron chi connectivity index (χ3n) is 6.05. The number of nitrogens with one attached hydrogen (secondary N) is 3. The number of aromatic nitrogens is 2. The molecule has 31 heavy (non-hydrogen) atoms. The van der Waals surface area contributed by atoms with Gasteiger partial charge < -0.3 is 10.6 Å². The number of guanidine groups is 1. The average molecular weight is 439 g/mol. The molecule has 1 amide bonds. The Kier molecular flexibility index (Phi) is 4.30. The second-order valence-electron chi connectivity index (χ2n) is 8.06. The smallest absolute Gasteiger partial charge is 0.276 e. The van der Waals surface area contributed by atoms with E-state index in [1.807, 2.05) is 36.4 Å². The largest absolute Gasteiger partial charge is 0.345 e. The van der Waals surface area contributed by atoms with Crippen molar-refractivity contribution >= 4 is 33.1 Å². The van der Waals surface area contributed by atoms with E-state index in [0.29, 0.717) is 17.8 Å². The van der Waals surface area contributed by atoms with Crippen LogP contribution in [0.15, 0.2) is 48.7 Å². The van der Waals surface area contributed by atoms with E-state index in [9.17, 15) is 13.2 Å². The highest BCUT2D eigenvalue weighted by molar-refractivity contribution is 7.89. The molecule has 1 fully saturated rings. The molecule has 2 aromatic heterocycles. The third kappa shape index (κ3) is 3.23. The lowest BCUT2D eigenvalue weighted by molar-refractivity contribution is 0.102. The molecule has 1 aromatic carbocycles. The Labute approximate surface area is 179 Å². The average Bonchev–Trinajstić information content (AvgIpc) is 3.17. The molecule has 9 nitrogen and oxygen atoms in total. The summed E-state index contributed by atoms with van der Waals surface area (Å²) in [4.78, 5) is 12.8. The summed E-state index contributed by atoms with van der Waals surface area (Å²) in [5, 5.41) is 18.4. The minimum absolute atomic E-state index is 0.129. The van der Waals surface area contributed by atoms with Crippen molar-refractivity contribution in [2.24, 2.45) is 0 Å². The molecule has 1 atom stereocenters. The van der Waals surface area contributed by atoms with E-state index < -0.39 is 15.6 Å². The number of aryl methyl sites for hydroxylation is 1. The van der Waals surface area contributed by atoms with Gasteiger partial charge in [0.1, 0.15) is 0 Å². The number of pyridine rings is 1. The summed E-state index contributed by atoms with van der Waals surface area (Å²) in [7, 11) is -2.23. The van der Waals surface area contributed by atoms with Crippen molar-refractivity contribution in [3.05, 3.63) is 65.5 Å². The second kappa shape index (κ2) is 6.81. The quantitative estimate of drug-likeness (QED) is 0.565. The summed E-state index contributed by atoms with van der Waals surface area (Å²) in [6.45, 7) is 0. The van der Waals surface area contributed by atoms with E-state index in [1.165, 1.54) is 7.05 Å². The van der Waals surface area contributed by atoms with Crippen LogP contribution < -0.4 is 10.6 Å². The molecule has 0 saturated carbocycles. The monoisotopic (exact) mass is 438 g/mol.